The minimum Gasteiger partial charge on any atom is -0.497 e. The number of hydrogen-bond acceptors (Lipinski definition) is 3. The van der Waals surface area contributed by atoms with Gasteiger partial charge in [0.2, 0.25) is 0 Å². The maximum atomic E-state index is 13.5. The summed E-state index contributed by atoms with van der Waals surface area (Å²) < 4.78 is 37.1. The quantitative estimate of drug-likeness (QED) is 0.726. The molecule has 0 radical (unpaired) electrons. The van der Waals surface area contributed by atoms with Crippen molar-refractivity contribution >= 4 is 0 Å². The summed E-state index contributed by atoms with van der Waals surface area (Å²) in [6, 6.07) is 2.36. The van der Waals surface area contributed by atoms with E-state index in [-0.39, 0.29) is 17.7 Å². The van der Waals surface area contributed by atoms with E-state index in [2.05, 4.69) is 5.32 Å². The van der Waals surface area contributed by atoms with Crippen molar-refractivity contribution in [1.29, 1.82) is 0 Å². The average Bonchev–Trinajstić information content (AvgIpc) is 2.35. The van der Waals surface area contributed by atoms with E-state index in [1.54, 1.807) is 0 Å². The van der Waals surface area contributed by atoms with Gasteiger partial charge in [0.1, 0.15) is 17.4 Å². The van der Waals surface area contributed by atoms with Gasteiger partial charge in [0.05, 0.1) is 20.3 Å². The first-order valence-electron chi connectivity index (χ1n) is 5.99. The highest BCUT2D eigenvalue weighted by Gasteiger charge is 2.11. The Morgan fingerprint density at radius 2 is 1.83 bits per heavy atom. The molecular weight excluding hydrogens is 240 g/mol. The van der Waals surface area contributed by atoms with Crippen LogP contribution in [0.1, 0.15) is 12.5 Å². The highest BCUT2D eigenvalue weighted by molar-refractivity contribution is 5.30. The lowest BCUT2D eigenvalue weighted by molar-refractivity contribution is 0.138. The third-order valence-electron chi connectivity index (χ3n) is 2.52. The van der Waals surface area contributed by atoms with E-state index in [1.807, 2.05) is 6.92 Å². The van der Waals surface area contributed by atoms with Gasteiger partial charge in [0, 0.05) is 30.7 Å². The molecule has 102 valence electrons. The molecule has 1 rings (SSSR count). The molecule has 0 spiro atoms. The number of nitrogens with one attached hydrogen (secondary N) is 1. The highest BCUT2D eigenvalue weighted by atomic mass is 19.1. The molecule has 0 unspecified atom stereocenters. The molecule has 1 aromatic carbocycles. The number of halogens is 2. The predicted octanol–water partition coefficient (Wildman–Crippen LogP) is 2.14. The van der Waals surface area contributed by atoms with E-state index in [4.69, 9.17) is 9.47 Å². The summed E-state index contributed by atoms with van der Waals surface area (Å²) in [5, 5.41) is 3.10. The second-order valence-corrected chi connectivity index (χ2v) is 3.79. The number of benzene rings is 1. The van der Waals surface area contributed by atoms with Crippen molar-refractivity contribution in [2.24, 2.45) is 0 Å². The van der Waals surface area contributed by atoms with E-state index < -0.39 is 11.6 Å². The van der Waals surface area contributed by atoms with Crippen LogP contribution < -0.4 is 10.1 Å². The third kappa shape index (κ3) is 4.58. The molecule has 0 saturated heterocycles. The second kappa shape index (κ2) is 8.00. The van der Waals surface area contributed by atoms with Gasteiger partial charge < -0.3 is 14.8 Å². The lowest BCUT2D eigenvalue weighted by Crippen LogP contribution is -2.19. The van der Waals surface area contributed by atoms with E-state index in [1.165, 1.54) is 19.2 Å². The zero-order chi connectivity index (χ0) is 13.4. The van der Waals surface area contributed by atoms with Crippen LogP contribution in [-0.2, 0) is 11.2 Å². The standard InChI is InChI=1S/C13H19F2NO2/c1-3-16-5-7-18-6-4-11-12(14)8-10(17-2)9-13(11)15/h8-9,16H,3-7H2,1-2H3. The molecule has 0 fully saturated rings. The minimum atomic E-state index is -0.595. The van der Waals surface area contributed by atoms with Crippen molar-refractivity contribution < 1.29 is 18.3 Å². The number of ether oxygens (including phenoxy) is 2. The van der Waals surface area contributed by atoms with Crippen LogP contribution >= 0.6 is 0 Å². The van der Waals surface area contributed by atoms with E-state index in [0.29, 0.717) is 13.2 Å². The van der Waals surface area contributed by atoms with Gasteiger partial charge in [-0.2, -0.15) is 0 Å². The van der Waals surface area contributed by atoms with Crippen LogP contribution in [0, 0.1) is 11.6 Å². The summed E-state index contributed by atoms with van der Waals surface area (Å²) in [5.74, 6) is -1.01. The maximum Gasteiger partial charge on any atom is 0.133 e. The van der Waals surface area contributed by atoms with Crippen molar-refractivity contribution in [1.82, 2.24) is 5.32 Å². The topological polar surface area (TPSA) is 30.5 Å². The molecule has 0 bridgehead atoms. The van der Waals surface area contributed by atoms with E-state index >= 15 is 0 Å². The third-order valence-corrected chi connectivity index (χ3v) is 2.52. The van der Waals surface area contributed by atoms with Crippen molar-refractivity contribution in [3.05, 3.63) is 29.3 Å². The van der Waals surface area contributed by atoms with Gasteiger partial charge in [-0.05, 0) is 6.54 Å². The van der Waals surface area contributed by atoms with Gasteiger partial charge in [0.25, 0.3) is 0 Å². The first kappa shape index (κ1) is 14.9. The summed E-state index contributed by atoms with van der Waals surface area (Å²) in [6.07, 6.45) is 0.216. The molecule has 0 heterocycles. The molecule has 0 saturated carbocycles. The summed E-state index contributed by atoms with van der Waals surface area (Å²) >= 11 is 0. The SMILES string of the molecule is CCNCCOCCc1c(F)cc(OC)cc1F. The van der Waals surface area contributed by atoms with Crippen molar-refractivity contribution in [2.75, 3.05) is 33.4 Å². The lowest BCUT2D eigenvalue weighted by Gasteiger charge is -2.08. The van der Waals surface area contributed by atoms with Gasteiger partial charge in [-0.1, -0.05) is 6.92 Å². The van der Waals surface area contributed by atoms with Crippen LogP contribution in [0.2, 0.25) is 0 Å². The smallest absolute Gasteiger partial charge is 0.133 e. The molecule has 0 aliphatic carbocycles. The second-order valence-electron chi connectivity index (χ2n) is 3.79. The van der Waals surface area contributed by atoms with Crippen LogP contribution in [0.3, 0.4) is 0 Å². The molecule has 3 nitrogen and oxygen atoms in total. The number of hydrogen-bond donors (Lipinski definition) is 1. The van der Waals surface area contributed by atoms with Gasteiger partial charge >= 0.3 is 0 Å². The molecule has 0 amide bonds. The minimum absolute atomic E-state index is 0.0410. The molecule has 18 heavy (non-hydrogen) atoms. The summed E-state index contributed by atoms with van der Waals surface area (Å²) in [4.78, 5) is 0. The molecule has 1 N–H and O–H groups in total. The first-order valence-corrected chi connectivity index (χ1v) is 5.99. The molecule has 0 aliphatic rings. The Kier molecular flexibility index (Phi) is 6.60. The Morgan fingerprint density at radius 3 is 2.39 bits per heavy atom. The van der Waals surface area contributed by atoms with Crippen molar-refractivity contribution in [3.63, 3.8) is 0 Å². The van der Waals surface area contributed by atoms with Gasteiger partial charge in [-0.3, -0.25) is 0 Å². The highest BCUT2D eigenvalue weighted by Crippen LogP contribution is 2.20. The Morgan fingerprint density at radius 1 is 1.17 bits per heavy atom. The van der Waals surface area contributed by atoms with Crippen molar-refractivity contribution in [2.45, 2.75) is 13.3 Å². The fraction of sp³-hybridized carbons (Fsp3) is 0.538. The largest absolute Gasteiger partial charge is 0.497 e. The number of methoxy groups -OCH3 is 1. The molecule has 5 heteroatoms. The molecule has 0 aliphatic heterocycles. The Balaban J connectivity index is 2.42. The maximum absolute atomic E-state index is 13.5. The summed E-state index contributed by atoms with van der Waals surface area (Å²) in [5.41, 5.74) is 0.0410. The zero-order valence-corrected chi connectivity index (χ0v) is 10.8. The number of likely N-dealkylation sites (N-methyl/N-ethyl adjacent to an activating group) is 1. The average molecular weight is 259 g/mol. The van der Waals surface area contributed by atoms with Crippen LogP contribution in [0.5, 0.6) is 5.75 Å². The summed E-state index contributed by atoms with van der Waals surface area (Å²) in [6.45, 7) is 4.45. The molecule has 0 aromatic heterocycles. The lowest BCUT2D eigenvalue weighted by atomic mass is 10.1. The van der Waals surface area contributed by atoms with Crippen LogP contribution in [0.4, 0.5) is 8.78 Å². The monoisotopic (exact) mass is 259 g/mol. The van der Waals surface area contributed by atoms with Gasteiger partial charge in [0.15, 0.2) is 0 Å². The number of rotatable bonds is 8. The molecule has 0 atom stereocenters. The predicted molar refractivity (Wildman–Crippen MR) is 66.0 cm³/mol. The van der Waals surface area contributed by atoms with Crippen LogP contribution in [-0.4, -0.2) is 33.4 Å². The molecular formula is C13H19F2NO2. The van der Waals surface area contributed by atoms with Crippen LogP contribution in [0.25, 0.3) is 0 Å². The Bertz CT molecular complexity index is 349. The Hall–Kier alpha value is -1.20. The summed E-state index contributed by atoms with van der Waals surface area (Å²) in [7, 11) is 1.37. The fourth-order valence-corrected chi connectivity index (χ4v) is 1.53. The Labute approximate surface area is 106 Å². The fourth-order valence-electron chi connectivity index (χ4n) is 1.53. The van der Waals surface area contributed by atoms with Crippen molar-refractivity contribution in [3.8, 4) is 5.75 Å². The van der Waals surface area contributed by atoms with Crippen LogP contribution in [0.15, 0.2) is 12.1 Å². The molecule has 1 aromatic rings. The van der Waals surface area contributed by atoms with Gasteiger partial charge in [-0.25, -0.2) is 8.78 Å². The van der Waals surface area contributed by atoms with E-state index in [0.717, 1.165) is 13.1 Å². The normalized spacial score (nSPS) is 10.7. The zero-order valence-electron chi connectivity index (χ0n) is 10.8. The first-order chi connectivity index (χ1) is 8.69. The van der Waals surface area contributed by atoms with E-state index in [9.17, 15) is 8.78 Å². The van der Waals surface area contributed by atoms with Gasteiger partial charge in [-0.15, -0.1) is 0 Å².